The summed E-state index contributed by atoms with van der Waals surface area (Å²) in [6.45, 7) is 2.36. The van der Waals surface area contributed by atoms with Gasteiger partial charge >= 0.3 is 5.97 Å². The maximum atomic E-state index is 10.9. The summed E-state index contributed by atoms with van der Waals surface area (Å²) < 4.78 is 4.52. The van der Waals surface area contributed by atoms with E-state index in [0.29, 0.717) is 6.54 Å². The van der Waals surface area contributed by atoms with Crippen molar-refractivity contribution in [1.29, 1.82) is 0 Å². The van der Waals surface area contributed by atoms with E-state index in [1.807, 2.05) is 6.92 Å². The lowest BCUT2D eigenvalue weighted by molar-refractivity contribution is -0.140. The van der Waals surface area contributed by atoms with E-state index >= 15 is 0 Å². The van der Waals surface area contributed by atoms with Crippen molar-refractivity contribution in [2.24, 2.45) is 0 Å². The maximum absolute atomic E-state index is 10.9. The minimum atomic E-state index is -0.275. The Morgan fingerprint density at radius 2 is 1.94 bits per heavy atom. The number of aromatic hydroxyl groups is 2. The lowest BCUT2D eigenvalue weighted by Gasteiger charge is -2.14. The predicted octanol–water partition coefficient (Wildman–Crippen LogP) is 1.31. The molecule has 1 aromatic carbocycles. The fourth-order valence-corrected chi connectivity index (χ4v) is 1.48. The molecule has 0 aromatic heterocycles. The molecule has 0 aliphatic heterocycles. The minimum Gasteiger partial charge on any atom is -0.508 e. The number of rotatable bonds is 5. The summed E-state index contributed by atoms with van der Waals surface area (Å²) in [5, 5.41) is 21.8. The van der Waals surface area contributed by atoms with Gasteiger partial charge in [-0.05, 0) is 24.6 Å². The van der Waals surface area contributed by atoms with Gasteiger partial charge in [0.05, 0.1) is 13.5 Å². The zero-order chi connectivity index (χ0) is 12.8. The van der Waals surface area contributed by atoms with Crippen molar-refractivity contribution in [2.45, 2.75) is 19.4 Å². The number of hydrogen-bond donors (Lipinski definition) is 3. The number of carbonyl (C=O) groups excluding carboxylic acids is 1. The smallest absolute Gasteiger partial charge is 0.306 e. The predicted molar refractivity (Wildman–Crippen MR) is 62.8 cm³/mol. The second kappa shape index (κ2) is 6.10. The van der Waals surface area contributed by atoms with E-state index in [4.69, 9.17) is 0 Å². The molecule has 1 aromatic rings. The Labute approximate surface area is 100 Å². The molecule has 0 spiro atoms. The lowest BCUT2D eigenvalue weighted by Crippen LogP contribution is -2.22. The number of methoxy groups -OCH3 is 1. The SMILES string of the molecule is COC(=O)CCNC(C)c1cc(O)cc(O)c1. The van der Waals surface area contributed by atoms with Crippen LogP contribution in [0, 0.1) is 0 Å². The van der Waals surface area contributed by atoms with Crippen LogP contribution in [0.5, 0.6) is 11.5 Å². The number of benzene rings is 1. The van der Waals surface area contributed by atoms with E-state index in [1.165, 1.54) is 13.2 Å². The average Bonchev–Trinajstić information content (AvgIpc) is 2.27. The zero-order valence-electron chi connectivity index (χ0n) is 9.93. The molecule has 0 bridgehead atoms. The molecule has 5 nitrogen and oxygen atoms in total. The molecule has 17 heavy (non-hydrogen) atoms. The molecular weight excluding hydrogens is 222 g/mol. The molecule has 0 aliphatic rings. The van der Waals surface area contributed by atoms with Crippen molar-refractivity contribution in [3.05, 3.63) is 23.8 Å². The van der Waals surface area contributed by atoms with Crippen molar-refractivity contribution in [1.82, 2.24) is 5.32 Å². The Hall–Kier alpha value is -1.75. The number of carbonyl (C=O) groups is 1. The standard InChI is InChI=1S/C12H17NO4/c1-8(13-4-3-12(16)17-2)9-5-10(14)7-11(15)6-9/h5-8,13-15H,3-4H2,1-2H3. The second-order valence-corrected chi connectivity index (χ2v) is 3.78. The van der Waals surface area contributed by atoms with Crippen molar-refractivity contribution in [3.8, 4) is 11.5 Å². The average molecular weight is 239 g/mol. The summed E-state index contributed by atoms with van der Waals surface area (Å²) in [6, 6.07) is 4.33. The first-order valence-corrected chi connectivity index (χ1v) is 5.36. The Balaban J connectivity index is 2.52. The molecule has 5 heteroatoms. The summed E-state index contributed by atoms with van der Waals surface area (Å²) in [6.07, 6.45) is 0.283. The fourth-order valence-electron chi connectivity index (χ4n) is 1.48. The van der Waals surface area contributed by atoms with Gasteiger partial charge in [0.15, 0.2) is 0 Å². The van der Waals surface area contributed by atoms with Crippen LogP contribution in [0.2, 0.25) is 0 Å². The molecule has 0 aliphatic carbocycles. The number of phenolic OH excluding ortho intramolecular Hbond substituents is 2. The highest BCUT2D eigenvalue weighted by atomic mass is 16.5. The zero-order valence-corrected chi connectivity index (χ0v) is 9.93. The van der Waals surface area contributed by atoms with Gasteiger partial charge in [0.1, 0.15) is 11.5 Å². The third-order valence-corrected chi connectivity index (χ3v) is 2.43. The number of hydrogen-bond acceptors (Lipinski definition) is 5. The molecule has 1 rings (SSSR count). The van der Waals surface area contributed by atoms with Crippen molar-refractivity contribution in [2.75, 3.05) is 13.7 Å². The van der Waals surface area contributed by atoms with Crippen LogP contribution in [0.15, 0.2) is 18.2 Å². The van der Waals surface area contributed by atoms with Gasteiger partial charge in [-0.3, -0.25) is 4.79 Å². The van der Waals surface area contributed by atoms with Gasteiger partial charge < -0.3 is 20.3 Å². The van der Waals surface area contributed by atoms with E-state index in [9.17, 15) is 15.0 Å². The molecule has 0 heterocycles. The number of esters is 1. The van der Waals surface area contributed by atoms with E-state index in [0.717, 1.165) is 5.56 Å². The van der Waals surface area contributed by atoms with E-state index in [-0.39, 0.29) is 29.9 Å². The van der Waals surface area contributed by atoms with Crippen molar-refractivity contribution < 1.29 is 19.7 Å². The molecular formula is C12H17NO4. The van der Waals surface area contributed by atoms with Crippen LogP contribution in [-0.4, -0.2) is 29.8 Å². The van der Waals surface area contributed by atoms with Crippen LogP contribution >= 0.6 is 0 Å². The van der Waals surface area contributed by atoms with Crippen LogP contribution in [0.25, 0.3) is 0 Å². The first-order chi connectivity index (χ1) is 8.02. The van der Waals surface area contributed by atoms with Gasteiger partial charge in [0.2, 0.25) is 0 Å². The molecule has 0 saturated heterocycles. The van der Waals surface area contributed by atoms with Gasteiger partial charge in [-0.1, -0.05) is 0 Å². The minimum absolute atomic E-state index is 0.0154. The van der Waals surface area contributed by atoms with Gasteiger partial charge in [-0.25, -0.2) is 0 Å². The number of phenols is 2. The molecule has 0 radical (unpaired) electrons. The first-order valence-electron chi connectivity index (χ1n) is 5.36. The van der Waals surface area contributed by atoms with Crippen LogP contribution in [0.4, 0.5) is 0 Å². The highest BCUT2D eigenvalue weighted by Crippen LogP contribution is 2.24. The van der Waals surface area contributed by atoms with E-state index in [2.05, 4.69) is 10.1 Å². The molecule has 0 amide bonds. The third kappa shape index (κ3) is 4.32. The van der Waals surface area contributed by atoms with E-state index in [1.54, 1.807) is 12.1 Å². The summed E-state index contributed by atoms with van der Waals surface area (Å²) in [5.41, 5.74) is 0.757. The van der Waals surface area contributed by atoms with Crippen molar-refractivity contribution >= 4 is 5.97 Å². The maximum Gasteiger partial charge on any atom is 0.306 e. The highest BCUT2D eigenvalue weighted by Gasteiger charge is 2.08. The fraction of sp³-hybridized carbons (Fsp3) is 0.417. The summed E-state index contributed by atoms with van der Waals surface area (Å²) in [7, 11) is 1.35. The molecule has 3 N–H and O–H groups in total. The second-order valence-electron chi connectivity index (χ2n) is 3.78. The van der Waals surface area contributed by atoms with Crippen LogP contribution < -0.4 is 5.32 Å². The van der Waals surface area contributed by atoms with E-state index < -0.39 is 0 Å². The monoisotopic (exact) mass is 239 g/mol. The first kappa shape index (κ1) is 13.3. The van der Waals surface area contributed by atoms with Gasteiger partial charge in [-0.15, -0.1) is 0 Å². The summed E-state index contributed by atoms with van der Waals surface area (Å²) >= 11 is 0. The number of nitrogens with one attached hydrogen (secondary N) is 1. The Morgan fingerprint density at radius 3 is 2.47 bits per heavy atom. The largest absolute Gasteiger partial charge is 0.508 e. The highest BCUT2D eigenvalue weighted by molar-refractivity contribution is 5.69. The molecule has 1 atom stereocenters. The Morgan fingerprint density at radius 1 is 1.35 bits per heavy atom. The Bertz CT molecular complexity index is 372. The Kier molecular flexibility index (Phi) is 4.78. The lowest BCUT2D eigenvalue weighted by atomic mass is 10.1. The third-order valence-electron chi connectivity index (χ3n) is 2.43. The molecule has 0 fully saturated rings. The van der Waals surface area contributed by atoms with Gasteiger partial charge in [0, 0.05) is 18.7 Å². The van der Waals surface area contributed by atoms with Crippen LogP contribution in [-0.2, 0) is 9.53 Å². The molecule has 94 valence electrons. The quantitative estimate of drug-likeness (QED) is 0.675. The van der Waals surface area contributed by atoms with Gasteiger partial charge in [0.25, 0.3) is 0 Å². The topological polar surface area (TPSA) is 78.8 Å². The van der Waals surface area contributed by atoms with Crippen molar-refractivity contribution in [3.63, 3.8) is 0 Å². The van der Waals surface area contributed by atoms with Crippen LogP contribution in [0.1, 0.15) is 24.9 Å². The van der Waals surface area contributed by atoms with Crippen LogP contribution in [0.3, 0.4) is 0 Å². The number of ether oxygens (including phenoxy) is 1. The molecule has 1 unspecified atom stereocenters. The normalized spacial score (nSPS) is 12.1. The van der Waals surface area contributed by atoms with Gasteiger partial charge in [-0.2, -0.15) is 0 Å². The summed E-state index contributed by atoms with van der Waals surface area (Å²) in [5.74, 6) is -0.244. The molecule has 0 saturated carbocycles. The summed E-state index contributed by atoms with van der Waals surface area (Å²) in [4.78, 5) is 10.9.